The lowest BCUT2D eigenvalue weighted by molar-refractivity contribution is -0.112. The summed E-state index contributed by atoms with van der Waals surface area (Å²) < 4.78 is 0.153. The molecule has 13 heavy (non-hydrogen) atoms. The number of aliphatic hydroxyl groups excluding tert-OH is 1. The van der Waals surface area contributed by atoms with Gasteiger partial charge >= 0.3 is 0 Å². The third-order valence-electron chi connectivity index (χ3n) is 1.45. The Kier molecular flexibility index (Phi) is 5.33. The number of aldehydes is 1. The fraction of sp³-hybridized carbons (Fsp3) is 0.700. The van der Waals surface area contributed by atoms with Crippen LogP contribution in [0.4, 0.5) is 0 Å². The second-order valence-electron chi connectivity index (χ2n) is 4.04. The van der Waals surface area contributed by atoms with Crippen LogP contribution in [0.15, 0.2) is 11.5 Å². The molecule has 0 saturated carbocycles. The molecule has 0 aliphatic rings. The highest BCUT2D eigenvalue weighted by molar-refractivity contribution is 8.03. The van der Waals surface area contributed by atoms with Crippen LogP contribution in [0.25, 0.3) is 0 Å². The Hall–Kier alpha value is -0.280. The molecule has 2 nitrogen and oxygen atoms in total. The number of aliphatic hydroxyl groups is 1. The molecule has 0 heterocycles. The van der Waals surface area contributed by atoms with Crippen LogP contribution in [0.3, 0.4) is 0 Å². The Morgan fingerprint density at radius 1 is 1.38 bits per heavy atom. The van der Waals surface area contributed by atoms with E-state index >= 15 is 0 Å². The Morgan fingerprint density at radius 3 is 2.31 bits per heavy atom. The molecule has 0 bridgehead atoms. The molecule has 0 aliphatic carbocycles. The quantitative estimate of drug-likeness (QED) is 0.710. The van der Waals surface area contributed by atoms with Crippen LogP contribution < -0.4 is 0 Å². The summed E-state index contributed by atoms with van der Waals surface area (Å²) in [6.07, 6.45) is 1.76. The molecule has 0 saturated heterocycles. The van der Waals surface area contributed by atoms with Crippen molar-refractivity contribution >= 4 is 18.0 Å². The fourth-order valence-electron chi connectivity index (χ4n) is 0.580. The smallest absolute Gasteiger partial charge is 0.125 e. The van der Waals surface area contributed by atoms with Crippen molar-refractivity contribution in [2.45, 2.75) is 38.5 Å². The molecule has 0 fully saturated rings. The van der Waals surface area contributed by atoms with Gasteiger partial charge in [-0.3, -0.25) is 0 Å². The van der Waals surface area contributed by atoms with Gasteiger partial charge in [0.2, 0.25) is 0 Å². The Labute approximate surface area is 84.4 Å². The Balaban J connectivity index is 3.91. The minimum atomic E-state index is -0.660. The zero-order chi connectivity index (χ0) is 10.5. The molecule has 0 spiro atoms. The van der Waals surface area contributed by atoms with Crippen molar-refractivity contribution in [3.05, 3.63) is 11.5 Å². The number of carbonyl (C=O) groups excluding carboxylic acids is 1. The van der Waals surface area contributed by atoms with Gasteiger partial charge in [-0.15, -0.1) is 11.8 Å². The topological polar surface area (TPSA) is 37.3 Å². The van der Waals surface area contributed by atoms with Crippen LogP contribution in [-0.2, 0) is 4.79 Å². The van der Waals surface area contributed by atoms with E-state index in [4.69, 9.17) is 0 Å². The van der Waals surface area contributed by atoms with Crippen LogP contribution in [-0.4, -0.2) is 22.2 Å². The highest BCUT2D eigenvalue weighted by Gasteiger charge is 2.11. The van der Waals surface area contributed by atoms with E-state index in [0.29, 0.717) is 0 Å². The Bertz CT molecular complexity index is 182. The molecule has 0 aromatic rings. The summed E-state index contributed by atoms with van der Waals surface area (Å²) in [6, 6.07) is 0. The molecule has 0 aromatic heterocycles. The predicted molar refractivity (Wildman–Crippen MR) is 57.7 cm³/mol. The van der Waals surface area contributed by atoms with E-state index < -0.39 is 6.10 Å². The minimum Gasteiger partial charge on any atom is -0.388 e. The second-order valence-corrected chi connectivity index (χ2v) is 5.78. The lowest BCUT2D eigenvalue weighted by Crippen LogP contribution is -2.15. The number of hydrogen-bond acceptors (Lipinski definition) is 3. The average Bonchev–Trinajstić information content (AvgIpc) is 2.00. The third kappa shape index (κ3) is 6.84. The van der Waals surface area contributed by atoms with Crippen molar-refractivity contribution < 1.29 is 9.90 Å². The summed E-state index contributed by atoms with van der Waals surface area (Å²) in [5.74, 6) is -0.322. The highest BCUT2D eigenvalue weighted by atomic mass is 32.2. The van der Waals surface area contributed by atoms with Crippen LogP contribution in [0.1, 0.15) is 27.7 Å². The zero-order valence-corrected chi connectivity index (χ0v) is 9.47. The average molecular weight is 202 g/mol. The molecular weight excluding hydrogens is 184 g/mol. The first-order valence-corrected chi connectivity index (χ1v) is 5.22. The normalized spacial score (nSPS) is 17.3. The Morgan fingerprint density at radius 2 is 1.92 bits per heavy atom. The molecule has 0 radical (unpaired) electrons. The van der Waals surface area contributed by atoms with E-state index in [9.17, 15) is 9.90 Å². The summed E-state index contributed by atoms with van der Waals surface area (Å²) in [5.41, 5.74) is 0. The molecule has 0 amide bonds. The molecule has 0 aliphatic heterocycles. The van der Waals surface area contributed by atoms with E-state index in [1.165, 1.54) is 0 Å². The zero-order valence-electron chi connectivity index (χ0n) is 8.65. The highest BCUT2D eigenvalue weighted by Crippen LogP contribution is 2.24. The van der Waals surface area contributed by atoms with E-state index in [-0.39, 0.29) is 10.7 Å². The van der Waals surface area contributed by atoms with Crippen molar-refractivity contribution in [3.63, 3.8) is 0 Å². The summed E-state index contributed by atoms with van der Waals surface area (Å²) in [7, 11) is 0. The fourth-order valence-corrected chi connectivity index (χ4v) is 1.23. The van der Waals surface area contributed by atoms with Crippen molar-refractivity contribution in [3.8, 4) is 0 Å². The number of hydrogen-bond donors (Lipinski definition) is 1. The maximum absolute atomic E-state index is 10.3. The molecule has 0 rings (SSSR count). The molecule has 76 valence electrons. The second kappa shape index (κ2) is 5.45. The third-order valence-corrected chi connectivity index (χ3v) is 2.45. The first-order chi connectivity index (χ1) is 5.87. The van der Waals surface area contributed by atoms with Gasteiger partial charge in [0.1, 0.15) is 6.29 Å². The molecule has 3 heteroatoms. The molecular formula is C10H18O2S. The van der Waals surface area contributed by atoms with E-state index in [0.717, 1.165) is 6.29 Å². The molecule has 0 unspecified atom stereocenters. The maximum atomic E-state index is 10.3. The monoisotopic (exact) mass is 202 g/mol. The van der Waals surface area contributed by atoms with Gasteiger partial charge in [-0.25, -0.2) is 0 Å². The summed E-state index contributed by atoms with van der Waals surface area (Å²) in [4.78, 5) is 10.3. The van der Waals surface area contributed by atoms with Crippen molar-refractivity contribution in [2.75, 3.05) is 0 Å². The number of carbonyl (C=O) groups is 1. The van der Waals surface area contributed by atoms with Crippen molar-refractivity contribution in [2.24, 2.45) is 5.92 Å². The lowest BCUT2D eigenvalue weighted by Gasteiger charge is -2.14. The number of thioether (sulfide) groups is 1. The summed E-state index contributed by atoms with van der Waals surface area (Å²) in [6.45, 7) is 7.98. The van der Waals surface area contributed by atoms with Gasteiger partial charge in [-0.1, -0.05) is 27.7 Å². The minimum absolute atomic E-state index is 0.153. The first kappa shape index (κ1) is 12.7. The van der Waals surface area contributed by atoms with Gasteiger partial charge in [0.25, 0.3) is 0 Å². The van der Waals surface area contributed by atoms with Gasteiger partial charge in [0.15, 0.2) is 0 Å². The summed E-state index contributed by atoms with van der Waals surface area (Å²) in [5, 5.41) is 11.2. The van der Waals surface area contributed by atoms with Gasteiger partial charge in [-0.05, 0) is 11.5 Å². The number of rotatable bonds is 4. The summed E-state index contributed by atoms with van der Waals surface area (Å²) >= 11 is 1.63. The SMILES string of the molecule is C[C@@H](C=O)[C@@H](O)/C=C/SC(C)(C)C. The predicted octanol–water partition coefficient (Wildman–Crippen LogP) is 2.23. The van der Waals surface area contributed by atoms with Crippen molar-refractivity contribution in [1.82, 2.24) is 0 Å². The van der Waals surface area contributed by atoms with Gasteiger partial charge in [0.05, 0.1) is 6.10 Å². The van der Waals surface area contributed by atoms with Gasteiger partial charge < -0.3 is 9.90 Å². The van der Waals surface area contributed by atoms with E-state index in [1.807, 2.05) is 5.41 Å². The molecule has 2 atom stereocenters. The van der Waals surface area contributed by atoms with Crippen LogP contribution in [0.5, 0.6) is 0 Å². The molecule has 0 aromatic carbocycles. The standard InChI is InChI=1S/C10H18O2S/c1-8(7-11)9(12)5-6-13-10(2,3)4/h5-9,12H,1-4H3/b6-5+/t8-,9-/m0/s1. The first-order valence-electron chi connectivity index (χ1n) is 4.34. The molecule has 1 N–H and O–H groups in total. The van der Waals surface area contributed by atoms with E-state index in [2.05, 4.69) is 20.8 Å². The van der Waals surface area contributed by atoms with Crippen LogP contribution in [0, 0.1) is 5.92 Å². The van der Waals surface area contributed by atoms with Crippen LogP contribution in [0.2, 0.25) is 0 Å². The van der Waals surface area contributed by atoms with E-state index in [1.54, 1.807) is 24.8 Å². The van der Waals surface area contributed by atoms with Gasteiger partial charge in [-0.2, -0.15) is 0 Å². The van der Waals surface area contributed by atoms with Crippen molar-refractivity contribution in [1.29, 1.82) is 0 Å². The van der Waals surface area contributed by atoms with Crippen LogP contribution >= 0.6 is 11.8 Å². The maximum Gasteiger partial charge on any atom is 0.125 e. The largest absolute Gasteiger partial charge is 0.388 e. The van der Waals surface area contributed by atoms with Gasteiger partial charge in [0, 0.05) is 10.7 Å². The lowest BCUT2D eigenvalue weighted by atomic mass is 10.1.